The second-order valence-electron chi connectivity index (χ2n) is 6.04. The zero-order valence-electron chi connectivity index (χ0n) is 12.6. The van der Waals surface area contributed by atoms with Gasteiger partial charge < -0.3 is 5.32 Å². The van der Waals surface area contributed by atoms with Crippen molar-refractivity contribution in [3.05, 3.63) is 56.5 Å². The number of imide groups is 1. The molecule has 1 aliphatic carbocycles. The Morgan fingerprint density at radius 2 is 2.17 bits per heavy atom. The second kappa shape index (κ2) is 5.57. The summed E-state index contributed by atoms with van der Waals surface area (Å²) in [4.78, 5) is 27.7. The number of hydrogen-bond donors (Lipinski definition) is 1. The molecule has 2 aliphatic rings. The van der Waals surface area contributed by atoms with E-state index in [1.165, 1.54) is 12.1 Å². The first-order valence-corrected chi connectivity index (χ1v) is 8.92. The molecule has 1 N–H and O–H groups in total. The average Bonchev–Trinajstić information content (AvgIpc) is 3.11. The van der Waals surface area contributed by atoms with E-state index >= 15 is 0 Å². The molecular weight excluding hydrogens is 351 g/mol. The Bertz CT molecular complexity index is 833. The Balaban J connectivity index is 1.71. The summed E-state index contributed by atoms with van der Waals surface area (Å²) in [6.07, 6.45) is 2.30. The van der Waals surface area contributed by atoms with Gasteiger partial charge in [0, 0.05) is 21.0 Å². The number of carbonyl (C=O) groups is 2. The van der Waals surface area contributed by atoms with Gasteiger partial charge in [0.2, 0.25) is 0 Å². The molecule has 1 spiro atoms. The van der Waals surface area contributed by atoms with Crippen LogP contribution in [-0.4, -0.2) is 16.8 Å². The predicted octanol–water partition coefficient (Wildman–Crippen LogP) is 3.82. The Morgan fingerprint density at radius 3 is 2.96 bits per heavy atom. The third kappa shape index (κ3) is 2.17. The topological polar surface area (TPSA) is 49.4 Å². The van der Waals surface area contributed by atoms with E-state index in [2.05, 4.69) is 5.32 Å². The molecule has 1 aliphatic heterocycles. The summed E-state index contributed by atoms with van der Waals surface area (Å²) in [5.41, 5.74) is 0.0165. The highest BCUT2D eigenvalue weighted by molar-refractivity contribution is 7.10. The van der Waals surface area contributed by atoms with Gasteiger partial charge in [-0.15, -0.1) is 11.3 Å². The van der Waals surface area contributed by atoms with Crippen LogP contribution in [0.25, 0.3) is 0 Å². The molecule has 4 nitrogen and oxygen atoms in total. The van der Waals surface area contributed by atoms with Crippen LogP contribution in [0.1, 0.15) is 28.8 Å². The Morgan fingerprint density at radius 1 is 1.33 bits per heavy atom. The number of thiophene rings is 1. The van der Waals surface area contributed by atoms with Gasteiger partial charge in [-0.05, 0) is 42.8 Å². The molecule has 2 aromatic rings. The minimum atomic E-state index is -1.01. The highest BCUT2D eigenvalue weighted by Gasteiger charge is 2.54. The summed E-state index contributed by atoms with van der Waals surface area (Å²) in [5, 5.41) is 4.99. The number of hydrogen-bond acceptors (Lipinski definition) is 3. The molecule has 0 radical (unpaired) electrons. The first-order chi connectivity index (χ1) is 11.5. The van der Waals surface area contributed by atoms with Crippen LogP contribution in [0.15, 0.2) is 29.6 Å². The van der Waals surface area contributed by atoms with Gasteiger partial charge in [0.05, 0.1) is 6.54 Å². The lowest BCUT2D eigenvalue weighted by molar-refractivity contribution is -0.132. The standard InChI is InChI=1S/C17H14ClFN2O2S/c18-12-3-1-4-13(19)10(12)9-21-15(22)17(20-16(21)23)7-2-5-14-11(17)6-8-24-14/h1,3-4,6,8H,2,5,7,9H2,(H,20,23)/t17-/m0/s1. The van der Waals surface area contributed by atoms with Crippen LogP contribution in [0.5, 0.6) is 0 Å². The van der Waals surface area contributed by atoms with Gasteiger partial charge in [-0.3, -0.25) is 9.69 Å². The van der Waals surface area contributed by atoms with Gasteiger partial charge in [-0.25, -0.2) is 9.18 Å². The van der Waals surface area contributed by atoms with E-state index in [1.807, 2.05) is 11.4 Å². The van der Waals surface area contributed by atoms with Crippen LogP contribution in [0.2, 0.25) is 5.02 Å². The molecule has 7 heteroatoms. The van der Waals surface area contributed by atoms with Crippen molar-refractivity contribution in [2.45, 2.75) is 31.3 Å². The van der Waals surface area contributed by atoms with Gasteiger partial charge in [-0.2, -0.15) is 0 Å². The largest absolute Gasteiger partial charge is 0.325 e. The number of urea groups is 1. The molecule has 3 amide bonds. The number of benzene rings is 1. The van der Waals surface area contributed by atoms with Crippen molar-refractivity contribution in [3.8, 4) is 0 Å². The summed E-state index contributed by atoms with van der Waals surface area (Å²) in [5.74, 6) is -0.852. The summed E-state index contributed by atoms with van der Waals surface area (Å²) in [7, 11) is 0. The molecule has 1 aromatic carbocycles. The van der Waals surface area contributed by atoms with Gasteiger partial charge >= 0.3 is 6.03 Å². The van der Waals surface area contributed by atoms with Gasteiger partial charge in [0.1, 0.15) is 11.4 Å². The first kappa shape index (κ1) is 15.6. The number of halogens is 2. The monoisotopic (exact) mass is 364 g/mol. The van der Waals surface area contributed by atoms with Crippen LogP contribution in [-0.2, 0) is 23.3 Å². The van der Waals surface area contributed by atoms with Crippen LogP contribution in [0, 0.1) is 5.82 Å². The molecule has 0 unspecified atom stereocenters. The highest BCUT2D eigenvalue weighted by Crippen LogP contribution is 2.42. The van der Waals surface area contributed by atoms with E-state index in [1.54, 1.807) is 17.4 Å². The number of carbonyl (C=O) groups excluding carboxylic acids is 2. The maximum Gasteiger partial charge on any atom is 0.325 e. The summed E-state index contributed by atoms with van der Waals surface area (Å²) < 4.78 is 14.0. The molecule has 2 heterocycles. The van der Waals surface area contributed by atoms with Crippen molar-refractivity contribution >= 4 is 34.9 Å². The van der Waals surface area contributed by atoms with E-state index in [4.69, 9.17) is 11.6 Å². The van der Waals surface area contributed by atoms with E-state index < -0.39 is 17.4 Å². The average molecular weight is 365 g/mol. The lowest BCUT2D eigenvalue weighted by Crippen LogP contribution is -2.46. The lowest BCUT2D eigenvalue weighted by atomic mass is 9.80. The molecule has 0 saturated carbocycles. The molecule has 0 bridgehead atoms. The summed E-state index contributed by atoms with van der Waals surface area (Å²) in [6.45, 7) is -0.169. The number of nitrogens with one attached hydrogen (secondary N) is 1. The van der Waals surface area contributed by atoms with Crippen LogP contribution < -0.4 is 5.32 Å². The molecule has 124 valence electrons. The van der Waals surface area contributed by atoms with E-state index in [9.17, 15) is 14.0 Å². The fourth-order valence-corrected chi connectivity index (χ4v) is 4.75. The third-order valence-electron chi connectivity index (χ3n) is 4.71. The number of aryl methyl sites for hydroxylation is 1. The van der Waals surface area contributed by atoms with E-state index in [0.29, 0.717) is 6.42 Å². The van der Waals surface area contributed by atoms with E-state index in [-0.39, 0.29) is 23.0 Å². The molecule has 1 aromatic heterocycles. The van der Waals surface area contributed by atoms with Crippen molar-refractivity contribution in [2.24, 2.45) is 0 Å². The number of amides is 3. The number of rotatable bonds is 2. The number of fused-ring (bicyclic) bond motifs is 2. The lowest BCUT2D eigenvalue weighted by Gasteiger charge is -2.31. The Labute approximate surface area is 147 Å². The van der Waals surface area contributed by atoms with E-state index in [0.717, 1.165) is 28.2 Å². The van der Waals surface area contributed by atoms with Crippen LogP contribution in [0.4, 0.5) is 9.18 Å². The van der Waals surface area contributed by atoms with Crippen LogP contribution >= 0.6 is 22.9 Å². The molecule has 4 rings (SSSR count). The Hall–Kier alpha value is -1.92. The van der Waals surface area contributed by atoms with Crippen molar-refractivity contribution in [1.82, 2.24) is 10.2 Å². The van der Waals surface area contributed by atoms with Gasteiger partial charge in [0.25, 0.3) is 5.91 Å². The quantitative estimate of drug-likeness (QED) is 0.823. The highest BCUT2D eigenvalue weighted by atomic mass is 35.5. The number of nitrogens with zero attached hydrogens (tertiary/aromatic N) is 1. The predicted molar refractivity (Wildman–Crippen MR) is 89.4 cm³/mol. The smallest absolute Gasteiger partial charge is 0.319 e. The maximum atomic E-state index is 14.0. The van der Waals surface area contributed by atoms with Gasteiger partial charge in [-0.1, -0.05) is 17.7 Å². The third-order valence-corrected chi connectivity index (χ3v) is 6.05. The van der Waals surface area contributed by atoms with Crippen LogP contribution in [0.3, 0.4) is 0 Å². The molecule has 1 fully saturated rings. The minimum absolute atomic E-state index is 0.154. The molecule has 24 heavy (non-hydrogen) atoms. The zero-order valence-corrected chi connectivity index (χ0v) is 14.2. The summed E-state index contributed by atoms with van der Waals surface area (Å²) in [6, 6.07) is 5.71. The SMILES string of the molecule is O=C1N[C@]2(CCCc3sccc32)C(=O)N1Cc1c(F)cccc1Cl. The zero-order chi connectivity index (χ0) is 16.9. The first-order valence-electron chi connectivity index (χ1n) is 7.67. The maximum absolute atomic E-state index is 14.0. The molecule has 1 atom stereocenters. The van der Waals surface area contributed by atoms with Crippen molar-refractivity contribution in [3.63, 3.8) is 0 Å². The normalized spacial score (nSPS) is 22.8. The van der Waals surface area contributed by atoms with Gasteiger partial charge in [0.15, 0.2) is 0 Å². The van der Waals surface area contributed by atoms with Crippen molar-refractivity contribution < 1.29 is 14.0 Å². The fraction of sp³-hybridized carbons (Fsp3) is 0.294. The Kier molecular flexibility index (Phi) is 3.62. The second-order valence-corrected chi connectivity index (χ2v) is 7.45. The molecule has 1 saturated heterocycles. The fourth-order valence-electron chi connectivity index (χ4n) is 3.53. The van der Waals surface area contributed by atoms with Crippen molar-refractivity contribution in [2.75, 3.05) is 0 Å². The minimum Gasteiger partial charge on any atom is -0.319 e. The van der Waals surface area contributed by atoms with Crippen molar-refractivity contribution in [1.29, 1.82) is 0 Å². The summed E-state index contributed by atoms with van der Waals surface area (Å²) >= 11 is 7.63. The molecular formula is C17H14ClFN2O2S.